The van der Waals surface area contributed by atoms with Gasteiger partial charge in [-0.15, -0.1) is 11.6 Å². The molecule has 1 N–H and O–H groups in total. The fraction of sp³-hybridized carbons (Fsp3) is 0.133. The van der Waals surface area contributed by atoms with E-state index >= 15 is 0 Å². The molecular formula is C15H13BrClNO. The third-order valence-electron chi connectivity index (χ3n) is 2.81. The van der Waals surface area contributed by atoms with Crippen molar-refractivity contribution >= 4 is 39.1 Å². The molecule has 98 valence electrons. The van der Waals surface area contributed by atoms with Gasteiger partial charge in [-0.2, -0.15) is 0 Å². The number of nitrogens with one attached hydrogen (secondary N) is 1. The summed E-state index contributed by atoms with van der Waals surface area (Å²) >= 11 is 9.12. The molecule has 0 spiro atoms. The van der Waals surface area contributed by atoms with Crippen molar-refractivity contribution in [2.45, 2.75) is 12.8 Å². The summed E-state index contributed by atoms with van der Waals surface area (Å²) in [4.78, 5) is 12.1. The molecule has 2 aromatic rings. The van der Waals surface area contributed by atoms with E-state index in [1.54, 1.807) is 12.1 Å². The smallest absolute Gasteiger partial charge is 0.255 e. The summed E-state index contributed by atoms with van der Waals surface area (Å²) in [7, 11) is 0. The fourth-order valence-electron chi connectivity index (χ4n) is 1.71. The molecule has 1 amide bonds. The standard InChI is InChI=1S/C15H13BrClNO/c1-10-8-13(16)6-7-14(10)18-15(19)12-4-2-11(9-17)3-5-12/h2-8H,9H2,1H3,(H,18,19). The van der Waals surface area contributed by atoms with Crippen molar-refractivity contribution in [2.75, 3.05) is 5.32 Å². The van der Waals surface area contributed by atoms with E-state index < -0.39 is 0 Å². The monoisotopic (exact) mass is 337 g/mol. The van der Waals surface area contributed by atoms with Crippen LogP contribution in [0.2, 0.25) is 0 Å². The first kappa shape index (κ1) is 14.1. The average Bonchev–Trinajstić information content (AvgIpc) is 2.42. The molecule has 0 saturated carbocycles. The molecule has 19 heavy (non-hydrogen) atoms. The van der Waals surface area contributed by atoms with Crippen molar-refractivity contribution in [2.24, 2.45) is 0 Å². The number of anilines is 1. The molecule has 0 bridgehead atoms. The van der Waals surface area contributed by atoms with Crippen LogP contribution in [0.5, 0.6) is 0 Å². The molecule has 2 nitrogen and oxygen atoms in total. The number of benzene rings is 2. The Bertz CT molecular complexity index is 596. The number of aryl methyl sites for hydroxylation is 1. The normalized spacial score (nSPS) is 10.3. The minimum absolute atomic E-state index is 0.119. The van der Waals surface area contributed by atoms with Gasteiger partial charge >= 0.3 is 0 Å². The second kappa shape index (κ2) is 6.22. The van der Waals surface area contributed by atoms with E-state index in [-0.39, 0.29) is 5.91 Å². The summed E-state index contributed by atoms with van der Waals surface area (Å²) in [6.07, 6.45) is 0. The van der Waals surface area contributed by atoms with Gasteiger partial charge in [-0.3, -0.25) is 4.79 Å². The first-order valence-corrected chi connectivity index (χ1v) is 7.15. The Morgan fingerprint density at radius 1 is 1.21 bits per heavy atom. The van der Waals surface area contributed by atoms with E-state index in [4.69, 9.17) is 11.6 Å². The Labute approximate surface area is 125 Å². The molecule has 0 fully saturated rings. The van der Waals surface area contributed by atoms with E-state index in [2.05, 4.69) is 21.2 Å². The van der Waals surface area contributed by atoms with Gasteiger partial charge in [0.1, 0.15) is 0 Å². The van der Waals surface area contributed by atoms with Gasteiger partial charge in [0.2, 0.25) is 0 Å². The maximum Gasteiger partial charge on any atom is 0.255 e. The summed E-state index contributed by atoms with van der Waals surface area (Å²) in [6, 6.07) is 13.0. The van der Waals surface area contributed by atoms with Gasteiger partial charge in [-0.25, -0.2) is 0 Å². The van der Waals surface area contributed by atoms with Crippen molar-refractivity contribution < 1.29 is 4.79 Å². The lowest BCUT2D eigenvalue weighted by Gasteiger charge is -2.09. The number of carbonyl (C=O) groups excluding carboxylic acids is 1. The number of rotatable bonds is 3. The summed E-state index contributed by atoms with van der Waals surface area (Å²) in [5.41, 5.74) is 3.45. The van der Waals surface area contributed by atoms with Crippen molar-refractivity contribution in [1.82, 2.24) is 0 Å². The van der Waals surface area contributed by atoms with Crippen LogP contribution in [0, 0.1) is 6.92 Å². The van der Waals surface area contributed by atoms with Gasteiger partial charge < -0.3 is 5.32 Å². The zero-order valence-corrected chi connectivity index (χ0v) is 12.8. The zero-order chi connectivity index (χ0) is 13.8. The predicted octanol–water partition coefficient (Wildman–Crippen LogP) is 4.75. The van der Waals surface area contributed by atoms with Crippen LogP contribution < -0.4 is 5.32 Å². The third-order valence-corrected chi connectivity index (χ3v) is 3.61. The molecular weight excluding hydrogens is 326 g/mol. The van der Waals surface area contributed by atoms with Crippen LogP contribution >= 0.6 is 27.5 Å². The lowest BCUT2D eigenvalue weighted by molar-refractivity contribution is 0.102. The Morgan fingerprint density at radius 2 is 1.89 bits per heavy atom. The number of amides is 1. The summed E-state index contributed by atoms with van der Waals surface area (Å²) in [5.74, 6) is 0.333. The van der Waals surface area contributed by atoms with E-state index in [0.717, 1.165) is 21.3 Å². The topological polar surface area (TPSA) is 29.1 Å². The molecule has 4 heteroatoms. The van der Waals surface area contributed by atoms with Crippen molar-refractivity contribution in [3.05, 3.63) is 63.6 Å². The molecule has 0 aliphatic rings. The number of hydrogen-bond donors (Lipinski definition) is 1. The molecule has 0 aliphatic heterocycles. The van der Waals surface area contributed by atoms with Gasteiger partial charge in [-0.05, 0) is 48.4 Å². The van der Waals surface area contributed by atoms with Crippen LogP contribution in [-0.4, -0.2) is 5.91 Å². The third kappa shape index (κ3) is 3.58. The minimum Gasteiger partial charge on any atom is -0.322 e. The molecule has 0 heterocycles. The Morgan fingerprint density at radius 3 is 2.47 bits per heavy atom. The second-order valence-electron chi connectivity index (χ2n) is 4.24. The fourth-order valence-corrected chi connectivity index (χ4v) is 2.36. The number of carbonyl (C=O) groups is 1. The maximum absolute atomic E-state index is 12.1. The van der Waals surface area contributed by atoms with Gasteiger partial charge in [0.15, 0.2) is 0 Å². The van der Waals surface area contributed by atoms with Gasteiger partial charge in [-0.1, -0.05) is 28.1 Å². The van der Waals surface area contributed by atoms with E-state index in [0.29, 0.717) is 11.4 Å². The molecule has 2 aromatic carbocycles. The molecule has 0 unspecified atom stereocenters. The number of hydrogen-bond acceptors (Lipinski definition) is 1. The Kier molecular flexibility index (Phi) is 4.61. The first-order valence-electron chi connectivity index (χ1n) is 5.82. The van der Waals surface area contributed by atoms with Gasteiger partial charge in [0.25, 0.3) is 5.91 Å². The largest absolute Gasteiger partial charge is 0.322 e. The highest BCUT2D eigenvalue weighted by molar-refractivity contribution is 9.10. The molecule has 0 aliphatic carbocycles. The van der Waals surface area contributed by atoms with Crippen LogP contribution in [0.3, 0.4) is 0 Å². The molecule has 0 radical (unpaired) electrons. The van der Waals surface area contributed by atoms with Crippen molar-refractivity contribution in [3.63, 3.8) is 0 Å². The van der Waals surface area contributed by atoms with Crippen LogP contribution in [0.15, 0.2) is 46.9 Å². The lowest BCUT2D eigenvalue weighted by atomic mass is 10.1. The molecule has 0 saturated heterocycles. The number of alkyl halides is 1. The van der Waals surface area contributed by atoms with Crippen molar-refractivity contribution in [1.29, 1.82) is 0 Å². The van der Waals surface area contributed by atoms with Crippen LogP contribution in [-0.2, 0) is 5.88 Å². The maximum atomic E-state index is 12.1. The SMILES string of the molecule is Cc1cc(Br)ccc1NC(=O)c1ccc(CCl)cc1. The van der Waals surface area contributed by atoms with Crippen LogP contribution in [0.25, 0.3) is 0 Å². The Hall–Kier alpha value is -1.32. The minimum atomic E-state index is -0.119. The quantitative estimate of drug-likeness (QED) is 0.804. The highest BCUT2D eigenvalue weighted by atomic mass is 79.9. The highest BCUT2D eigenvalue weighted by Gasteiger charge is 2.07. The van der Waals surface area contributed by atoms with E-state index in [1.165, 1.54) is 0 Å². The first-order chi connectivity index (χ1) is 9.10. The van der Waals surface area contributed by atoms with Gasteiger partial charge in [0.05, 0.1) is 0 Å². The number of halogens is 2. The Balaban J connectivity index is 2.15. The van der Waals surface area contributed by atoms with Gasteiger partial charge in [0, 0.05) is 21.6 Å². The lowest BCUT2D eigenvalue weighted by Crippen LogP contribution is -2.12. The van der Waals surface area contributed by atoms with Crippen molar-refractivity contribution in [3.8, 4) is 0 Å². The highest BCUT2D eigenvalue weighted by Crippen LogP contribution is 2.20. The second-order valence-corrected chi connectivity index (χ2v) is 5.43. The van der Waals surface area contributed by atoms with E-state index in [9.17, 15) is 4.79 Å². The predicted molar refractivity (Wildman–Crippen MR) is 82.8 cm³/mol. The average molecular weight is 339 g/mol. The van der Waals surface area contributed by atoms with Crippen LogP contribution in [0.1, 0.15) is 21.5 Å². The summed E-state index contributed by atoms with van der Waals surface area (Å²) in [5, 5.41) is 2.90. The zero-order valence-electron chi connectivity index (χ0n) is 10.4. The summed E-state index contributed by atoms with van der Waals surface area (Å²) < 4.78 is 0.995. The molecule has 0 aromatic heterocycles. The van der Waals surface area contributed by atoms with Crippen LogP contribution in [0.4, 0.5) is 5.69 Å². The summed E-state index contributed by atoms with van der Waals surface area (Å²) in [6.45, 7) is 1.96. The van der Waals surface area contributed by atoms with E-state index in [1.807, 2.05) is 37.3 Å². The molecule has 0 atom stereocenters. The molecule has 2 rings (SSSR count).